The van der Waals surface area contributed by atoms with Gasteiger partial charge in [0.25, 0.3) is 5.91 Å². The number of nitrogens with one attached hydrogen (secondary N) is 2. The minimum atomic E-state index is -0.521. The molecule has 0 spiro atoms. The first-order chi connectivity index (χ1) is 9.81. The van der Waals surface area contributed by atoms with Gasteiger partial charge >= 0.3 is 6.09 Å². The Labute approximate surface area is 125 Å². The van der Waals surface area contributed by atoms with Crippen molar-refractivity contribution in [3.05, 3.63) is 35.4 Å². The molecular weight excluding hydrogens is 268 g/mol. The molecule has 0 bridgehead atoms. The number of carbonyl (C=O) groups excluding carboxylic acids is 2. The van der Waals surface area contributed by atoms with Crippen LogP contribution in [-0.4, -0.2) is 31.2 Å². The average molecular weight is 288 g/mol. The molecule has 0 fully saturated rings. The molecular formula is C16H20N2O3. The van der Waals surface area contributed by atoms with E-state index in [1.165, 1.54) is 0 Å². The molecule has 5 heteroatoms. The number of hydrogen-bond donors (Lipinski definition) is 2. The van der Waals surface area contributed by atoms with Gasteiger partial charge in [-0.2, -0.15) is 0 Å². The molecule has 1 aromatic rings. The molecule has 2 N–H and O–H groups in total. The Morgan fingerprint density at radius 2 is 1.81 bits per heavy atom. The SMILES string of the molecule is CNC(=O)c1ccc(C#CCNC(=O)OC(C)(C)C)cc1. The number of rotatable bonds is 2. The number of carbonyl (C=O) groups is 2. The van der Waals surface area contributed by atoms with E-state index in [9.17, 15) is 9.59 Å². The molecule has 0 aliphatic heterocycles. The Balaban J connectivity index is 2.48. The van der Waals surface area contributed by atoms with Gasteiger partial charge < -0.3 is 15.4 Å². The van der Waals surface area contributed by atoms with Gasteiger partial charge in [0.05, 0.1) is 6.54 Å². The number of alkyl carbamates (subject to hydrolysis) is 1. The van der Waals surface area contributed by atoms with Crippen LogP contribution in [0, 0.1) is 11.8 Å². The smallest absolute Gasteiger partial charge is 0.408 e. The first kappa shape index (κ1) is 16.6. The average Bonchev–Trinajstić information content (AvgIpc) is 2.41. The quantitative estimate of drug-likeness (QED) is 0.817. The zero-order valence-electron chi connectivity index (χ0n) is 12.7. The van der Waals surface area contributed by atoms with Crippen LogP contribution in [0.4, 0.5) is 4.79 Å². The third-order valence-corrected chi connectivity index (χ3v) is 2.33. The predicted octanol–water partition coefficient (Wildman–Crippen LogP) is 1.92. The monoisotopic (exact) mass is 288 g/mol. The lowest BCUT2D eigenvalue weighted by atomic mass is 10.1. The first-order valence-corrected chi connectivity index (χ1v) is 6.59. The minimum Gasteiger partial charge on any atom is -0.444 e. The molecule has 1 aromatic carbocycles. The van der Waals surface area contributed by atoms with Gasteiger partial charge in [0.2, 0.25) is 0 Å². The van der Waals surface area contributed by atoms with Crippen molar-refractivity contribution >= 4 is 12.0 Å². The summed E-state index contributed by atoms with van der Waals surface area (Å²) < 4.78 is 5.08. The van der Waals surface area contributed by atoms with E-state index in [2.05, 4.69) is 22.5 Å². The summed E-state index contributed by atoms with van der Waals surface area (Å²) in [5.41, 5.74) is 0.830. The Bertz CT molecular complexity index is 560. The summed E-state index contributed by atoms with van der Waals surface area (Å²) in [6, 6.07) is 6.91. The van der Waals surface area contributed by atoms with Crippen LogP contribution < -0.4 is 10.6 Å². The second-order valence-electron chi connectivity index (χ2n) is 5.31. The number of benzene rings is 1. The highest BCUT2D eigenvalue weighted by Crippen LogP contribution is 2.06. The Morgan fingerprint density at radius 3 is 2.33 bits per heavy atom. The molecule has 0 heterocycles. The van der Waals surface area contributed by atoms with E-state index in [1.54, 1.807) is 52.1 Å². The highest BCUT2D eigenvalue weighted by molar-refractivity contribution is 5.94. The lowest BCUT2D eigenvalue weighted by molar-refractivity contribution is 0.0535. The molecule has 0 aliphatic carbocycles. The largest absolute Gasteiger partial charge is 0.444 e. The van der Waals surface area contributed by atoms with Crippen molar-refractivity contribution in [3.8, 4) is 11.8 Å². The van der Waals surface area contributed by atoms with Crippen LogP contribution in [0.25, 0.3) is 0 Å². The second kappa shape index (κ2) is 7.34. The van der Waals surface area contributed by atoms with Crippen LogP contribution in [-0.2, 0) is 4.74 Å². The number of hydrogen-bond acceptors (Lipinski definition) is 3. The standard InChI is InChI=1S/C16H20N2O3/c1-16(2,3)21-15(20)18-11-5-6-12-7-9-13(10-8-12)14(19)17-4/h7-10H,11H2,1-4H3,(H,17,19)(H,18,20). The molecule has 112 valence electrons. The molecule has 0 radical (unpaired) electrons. The highest BCUT2D eigenvalue weighted by atomic mass is 16.6. The van der Waals surface area contributed by atoms with Crippen LogP contribution in [0.3, 0.4) is 0 Å². The maximum absolute atomic E-state index is 11.4. The topological polar surface area (TPSA) is 67.4 Å². The van der Waals surface area contributed by atoms with Gasteiger partial charge in [0, 0.05) is 18.2 Å². The number of ether oxygens (including phenoxy) is 1. The van der Waals surface area contributed by atoms with Crippen molar-refractivity contribution in [1.82, 2.24) is 10.6 Å². The van der Waals surface area contributed by atoms with Gasteiger partial charge in [0.1, 0.15) is 5.60 Å². The summed E-state index contributed by atoms with van der Waals surface area (Å²) in [6.07, 6.45) is -0.494. The maximum Gasteiger partial charge on any atom is 0.408 e. The molecule has 0 saturated heterocycles. The summed E-state index contributed by atoms with van der Waals surface area (Å²) in [4.78, 5) is 22.7. The first-order valence-electron chi connectivity index (χ1n) is 6.59. The normalized spacial score (nSPS) is 10.1. The lowest BCUT2D eigenvalue weighted by Gasteiger charge is -2.18. The third kappa shape index (κ3) is 6.48. The van der Waals surface area contributed by atoms with E-state index in [0.29, 0.717) is 5.56 Å². The Kier molecular flexibility index (Phi) is 5.79. The fraction of sp³-hybridized carbons (Fsp3) is 0.375. The Morgan fingerprint density at radius 1 is 1.19 bits per heavy atom. The summed E-state index contributed by atoms with van der Waals surface area (Å²) in [7, 11) is 1.58. The Hall–Kier alpha value is -2.48. The van der Waals surface area contributed by atoms with Gasteiger partial charge in [-0.1, -0.05) is 11.8 Å². The lowest BCUT2D eigenvalue weighted by Crippen LogP contribution is -2.32. The molecule has 0 aliphatic rings. The van der Waals surface area contributed by atoms with Crippen molar-refractivity contribution in [1.29, 1.82) is 0 Å². The van der Waals surface area contributed by atoms with Crippen LogP contribution in [0.5, 0.6) is 0 Å². The van der Waals surface area contributed by atoms with Crippen LogP contribution in [0.15, 0.2) is 24.3 Å². The van der Waals surface area contributed by atoms with Gasteiger partial charge in [-0.3, -0.25) is 4.79 Å². The zero-order chi connectivity index (χ0) is 15.9. The van der Waals surface area contributed by atoms with Crippen LogP contribution in [0.1, 0.15) is 36.7 Å². The van der Waals surface area contributed by atoms with Crippen LogP contribution >= 0.6 is 0 Å². The van der Waals surface area contributed by atoms with Gasteiger partial charge in [-0.15, -0.1) is 0 Å². The fourth-order valence-corrected chi connectivity index (χ4v) is 1.43. The van der Waals surface area contributed by atoms with Crippen molar-refractivity contribution < 1.29 is 14.3 Å². The van der Waals surface area contributed by atoms with E-state index in [1.807, 2.05) is 0 Å². The molecule has 0 aromatic heterocycles. The second-order valence-corrected chi connectivity index (χ2v) is 5.31. The minimum absolute atomic E-state index is 0.138. The molecule has 21 heavy (non-hydrogen) atoms. The third-order valence-electron chi connectivity index (χ3n) is 2.33. The molecule has 5 nitrogen and oxygen atoms in total. The van der Waals surface area contributed by atoms with Crippen molar-refractivity contribution in [3.63, 3.8) is 0 Å². The van der Waals surface area contributed by atoms with E-state index in [0.717, 1.165) is 5.56 Å². The van der Waals surface area contributed by atoms with Crippen molar-refractivity contribution in [2.45, 2.75) is 26.4 Å². The summed E-state index contributed by atoms with van der Waals surface area (Å²) in [5.74, 6) is 5.58. The summed E-state index contributed by atoms with van der Waals surface area (Å²) in [5, 5.41) is 5.10. The summed E-state index contributed by atoms with van der Waals surface area (Å²) in [6.45, 7) is 5.59. The summed E-state index contributed by atoms with van der Waals surface area (Å²) >= 11 is 0. The molecule has 1 rings (SSSR count). The zero-order valence-corrected chi connectivity index (χ0v) is 12.7. The maximum atomic E-state index is 11.4. The van der Waals surface area contributed by atoms with Crippen LogP contribution in [0.2, 0.25) is 0 Å². The van der Waals surface area contributed by atoms with E-state index in [-0.39, 0.29) is 12.5 Å². The van der Waals surface area contributed by atoms with Crippen molar-refractivity contribution in [2.24, 2.45) is 0 Å². The molecule has 2 amide bonds. The van der Waals surface area contributed by atoms with E-state index < -0.39 is 11.7 Å². The molecule has 0 atom stereocenters. The molecule has 0 unspecified atom stereocenters. The predicted molar refractivity (Wildman–Crippen MR) is 80.9 cm³/mol. The van der Waals surface area contributed by atoms with Gasteiger partial charge in [0.15, 0.2) is 0 Å². The van der Waals surface area contributed by atoms with Gasteiger partial charge in [-0.25, -0.2) is 4.79 Å². The van der Waals surface area contributed by atoms with Crippen molar-refractivity contribution in [2.75, 3.05) is 13.6 Å². The number of amides is 2. The highest BCUT2D eigenvalue weighted by Gasteiger charge is 2.14. The van der Waals surface area contributed by atoms with E-state index >= 15 is 0 Å². The fourth-order valence-electron chi connectivity index (χ4n) is 1.43. The van der Waals surface area contributed by atoms with Gasteiger partial charge in [-0.05, 0) is 45.0 Å². The van der Waals surface area contributed by atoms with E-state index in [4.69, 9.17) is 4.74 Å². The molecule has 0 saturated carbocycles.